The van der Waals surface area contributed by atoms with Crippen LogP contribution in [0.2, 0.25) is 0 Å². The highest BCUT2D eigenvalue weighted by atomic mass is 79.9. The smallest absolute Gasteiger partial charge is 0.199 e. The summed E-state index contributed by atoms with van der Waals surface area (Å²) < 4.78 is 6.44. The van der Waals surface area contributed by atoms with E-state index >= 15 is 0 Å². The molecule has 1 aliphatic carbocycles. The SMILES string of the molecule is Brc1c(CN2CCN(C3CCC3)CC2)noc1-c1ccccn1. The molecule has 0 spiro atoms. The largest absolute Gasteiger partial charge is 0.353 e. The summed E-state index contributed by atoms with van der Waals surface area (Å²) in [5.74, 6) is 0.716. The minimum atomic E-state index is 0.716. The van der Waals surface area contributed by atoms with Gasteiger partial charge in [0.15, 0.2) is 5.76 Å². The van der Waals surface area contributed by atoms with Crippen LogP contribution in [0.25, 0.3) is 11.5 Å². The van der Waals surface area contributed by atoms with E-state index in [9.17, 15) is 0 Å². The van der Waals surface area contributed by atoms with Crippen molar-refractivity contribution in [3.8, 4) is 11.5 Å². The molecule has 2 aromatic heterocycles. The molecule has 0 bridgehead atoms. The monoisotopic (exact) mass is 376 g/mol. The maximum Gasteiger partial charge on any atom is 0.199 e. The molecule has 6 heteroatoms. The van der Waals surface area contributed by atoms with Crippen molar-refractivity contribution in [1.29, 1.82) is 0 Å². The molecule has 23 heavy (non-hydrogen) atoms. The summed E-state index contributed by atoms with van der Waals surface area (Å²) in [4.78, 5) is 9.44. The van der Waals surface area contributed by atoms with E-state index < -0.39 is 0 Å². The van der Waals surface area contributed by atoms with Gasteiger partial charge in [-0.05, 0) is 40.9 Å². The summed E-state index contributed by atoms with van der Waals surface area (Å²) in [7, 11) is 0. The number of halogens is 1. The zero-order chi connectivity index (χ0) is 15.6. The van der Waals surface area contributed by atoms with Crippen LogP contribution < -0.4 is 0 Å². The van der Waals surface area contributed by atoms with Crippen LogP contribution in [-0.4, -0.2) is 52.2 Å². The molecule has 0 amide bonds. The van der Waals surface area contributed by atoms with Crippen molar-refractivity contribution in [2.75, 3.05) is 26.2 Å². The lowest BCUT2D eigenvalue weighted by atomic mass is 9.91. The second-order valence-electron chi connectivity index (χ2n) is 6.38. The van der Waals surface area contributed by atoms with Gasteiger partial charge in [0.1, 0.15) is 11.4 Å². The standard InChI is InChI=1S/C17H21BrN4O/c18-16-15(20-23-17(16)14-6-1-2-7-19-14)12-21-8-10-22(11-9-21)13-4-3-5-13/h1-2,6-7,13H,3-5,8-12H2. The molecule has 1 aliphatic heterocycles. The van der Waals surface area contributed by atoms with Gasteiger partial charge in [-0.3, -0.25) is 14.8 Å². The van der Waals surface area contributed by atoms with E-state index in [1.807, 2.05) is 18.2 Å². The molecule has 3 heterocycles. The van der Waals surface area contributed by atoms with Crippen LogP contribution in [0.4, 0.5) is 0 Å². The first-order chi connectivity index (χ1) is 11.3. The summed E-state index contributed by atoms with van der Waals surface area (Å²) in [6.07, 6.45) is 5.96. The van der Waals surface area contributed by atoms with Crippen LogP contribution in [0, 0.1) is 0 Å². The summed E-state index contributed by atoms with van der Waals surface area (Å²) in [6.45, 7) is 5.39. The Balaban J connectivity index is 1.39. The van der Waals surface area contributed by atoms with Crippen LogP contribution in [0.1, 0.15) is 25.0 Å². The highest BCUT2D eigenvalue weighted by Crippen LogP contribution is 2.31. The van der Waals surface area contributed by atoms with Crippen molar-refractivity contribution in [3.63, 3.8) is 0 Å². The number of hydrogen-bond acceptors (Lipinski definition) is 5. The van der Waals surface area contributed by atoms with E-state index in [1.54, 1.807) is 6.20 Å². The highest BCUT2D eigenvalue weighted by molar-refractivity contribution is 9.10. The van der Waals surface area contributed by atoms with Gasteiger partial charge in [0.2, 0.25) is 0 Å². The first kappa shape index (κ1) is 15.3. The maximum absolute atomic E-state index is 5.51. The summed E-state index contributed by atoms with van der Waals surface area (Å²) in [5, 5.41) is 4.25. The van der Waals surface area contributed by atoms with E-state index in [0.717, 1.165) is 41.5 Å². The molecule has 2 aromatic rings. The molecule has 0 atom stereocenters. The zero-order valence-corrected chi connectivity index (χ0v) is 14.7. The lowest BCUT2D eigenvalue weighted by Gasteiger charge is -2.42. The van der Waals surface area contributed by atoms with Gasteiger partial charge in [0, 0.05) is 45.0 Å². The average Bonchev–Trinajstić information content (AvgIpc) is 2.89. The Kier molecular flexibility index (Phi) is 4.46. The molecule has 4 rings (SSSR count). The molecule has 2 aliphatic rings. The fraction of sp³-hybridized carbons (Fsp3) is 0.529. The van der Waals surface area contributed by atoms with Crippen molar-refractivity contribution in [2.45, 2.75) is 31.8 Å². The molecule has 0 unspecified atom stereocenters. The quantitative estimate of drug-likeness (QED) is 0.819. The number of hydrogen-bond donors (Lipinski definition) is 0. The molecule has 5 nitrogen and oxygen atoms in total. The van der Waals surface area contributed by atoms with Gasteiger partial charge in [0.05, 0.1) is 4.47 Å². The lowest BCUT2D eigenvalue weighted by Crippen LogP contribution is -2.51. The van der Waals surface area contributed by atoms with E-state index in [4.69, 9.17) is 4.52 Å². The van der Waals surface area contributed by atoms with Crippen molar-refractivity contribution in [2.24, 2.45) is 0 Å². The third-order valence-electron chi connectivity index (χ3n) is 4.97. The Morgan fingerprint density at radius 2 is 2.00 bits per heavy atom. The molecular formula is C17H21BrN4O. The van der Waals surface area contributed by atoms with Gasteiger partial charge < -0.3 is 4.52 Å². The summed E-state index contributed by atoms with van der Waals surface area (Å²) >= 11 is 3.64. The fourth-order valence-corrected chi connectivity index (χ4v) is 3.79. The van der Waals surface area contributed by atoms with Gasteiger partial charge in [0.25, 0.3) is 0 Å². The first-order valence-corrected chi connectivity index (χ1v) is 9.12. The van der Waals surface area contributed by atoms with Gasteiger partial charge in [-0.1, -0.05) is 17.6 Å². The Hall–Kier alpha value is -1.24. The van der Waals surface area contributed by atoms with E-state index in [0.29, 0.717) is 5.76 Å². The number of aromatic nitrogens is 2. The zero-order valence-electron chi connectivity index (χ0n) is 13.1. The minimum Gasteiger partial charge on any atom is -0.353 e. The van der Waals surface area contributed by atoms with Crippen LogP contribution in [0.3, 0.4) is 0 Å². The normalized spacial score (nSPS) is 20.6. The Morgan fingerprint density at radius 3 is 2.65 bits per heavy atom. The number of nitrogens with zero attached hydrogens (tertiary/aromatic N) is 4. The lowest BCUT2D eigenvalue weighted by molar-refractivity contribution is 0.0578. The van der Waals surface area contributed by atoms with E-state index in [-0.39, 0.29) is 0 Å². The minimum absolute atomic E-state index is 0.716. The molecule has 0 aromatic carbocycles. The van der Waals surface area contributed by atoms with Crippen LogP contribution in [0.15, 0.2) is 33.4 Å². The van der Waals surface area contributed by atoms with Crippen molar-refractivity contribution in [1.82, 2.24) is 19.9 Å². The Bertz CT molecular complexity index is 648. The van der Waals surface area contributed by atoms with E-state index in [1.165, 1.54) is 32.4 Å². The molecular weight excluding hydrogens is 356 g/mol. The molecule has 122 valence electrons. The third-order valence-corrected chi connectivity index (χ3v) is 5.79. The highest BCUT2D eigenvalue weighted by Gasteiger charge is 2.28. The van der Waals surface area contributed by atoms with Crippen LogP contribution in [-0.2, 0) is 6.54 Å². The van der Waals surface area contributed by atoms with Crippen molar-refractivity contribution < 1.29 is 4.52 Å². The topological polar surface area (TPSA) is 45.4 Å². The predicted molar refractivity (Wildman–Crippen MR) is 91.9 cm³/mol. The van der Waals surface area contributed by atoms with Crippen LogP contribution in [0.5, 0.6) is 0 Å². The number of rotatable bonds is 4. The summed E-state index contributed by atoms with van der Waals surface area (Å²) in [5.41, 5.74) is 1.77. The van der Waals surface area contributed by atoms with Gasteiger partial charge in [-0.25, -0.2) is 0 Å². The second kappa shape index (κ2) is 6.71. The Labute approximate surface area is 144 Å². The molecule has 0 radical (unpaired) electrons. The predicted octanol–water partition coefficient (Wildman–Crippen LogP) is 3.17. The third kappa shape index (κ3) is 3.20. The second-order valence-corrected chi connectivity index (χ2v) is 7.18. The van der Waals surface area contributed by atoms with E-state index in [2.05, 4.69) is 35.9 Å². The van der Waals surface area contributed by atoms with Crippen LogP contribution >= 0.6 is 15.9 Å². The number of piperazine rings is 1. The van der Waals surface area contributed by atoms with Gasteiger partial charge in [-0.15, -0.1) is 0 Å². The first-order valence-electron chi connectivity index (χ1n) is 8.33. The average molecular weight is 377 g/mol. The molecule has 1 saturated heterocycles. The van der Waals surface area contributed by atoms with Gasteiger partial charge in [-0.2, -0.15) is 0 Å². The molecule has 2 fully saturated rings. The molecule has 0 N–H and O–H groups in total. The van der Waals surface area contributed by atoms with Gasteiger partial charge >= 0.3 is 0 Å². The van der Waals surface area contributed by atoms with Crippen molar-refractivity contribution in [3.05, 3.63) is 34.6 Å². The number of pyridine rings is 1. The molecule has 1 saturated carbocycles. The fourth-order valence-electron chi connectivity index (χ4n) is 3.32. The maximum atomic E-state index is 5.51. The summed E-state index contributed by atoms with van der Waals surface area (Å²) in [6, 6.07) is 6.64. The Morgan fingerprint density at radius 1 is 1.17 bits per heavy atom. The van der Waals surface area contributed by atoms with Crippen molar-refractivity contribution >= 4 is 15.9 Å².